The van der Waals surface area contributed by atoms with Gasteiger partial charge >= 0.3 is 5.79 Å². The van der Waals surface area contributed by atoms with Crippen LogP contribution < -0.4 is 5.01 Å². The van der Waals surface area contributed by atoms with Crippen molar-refractivity contribution in [3.8, 4) is 0 Å². The van der Waals surface area contributed by atoms with E-state index in [1.54, 1.807) is 30.3 Å². The first-order chi connectivity index (χ1) is 9.24. The quantitative estimate of drug-likeness (QED) is 0.594. The number of nitro groups is 1. The number of hydrazine groups is 1. The number of nitrogens with zero attached hydrogens (tertiary/aromatic N) is 6. The lowest BCUT2D eigenvalue weighted by atomic mass is 10.2. The van der Waals surface area contributed by atoms with Crippen LogP contribution in [0.4, 0.5) is 5.69 Å². The molecule has 1 aromatic rings. The van der Waals surface area contributed by atoms with Crippen molar-refractivity contribution in [1.82, 2.24) is 0 Å². The first-order valence-electron chi connectivity index (χ1n) is 5.42. The largest absolute Gasteiger partial charge is 0.335 e. The van der Waals surface area contributed by atoms with E-state index >= 15 is 0 Å². The van der Waals surface area contributed by atoms with Crippen molar-refractivity contribution in [2.45, 2.75) is 5.79 Å². The van der Waals surface area contributed by atoms with Gasteiger partial charge in [0.15, 0.2) is 5.03 Å². The van der Waals surface area contributed by atoms with Crippen LogP contribution in [0, 0.1) is 10.1 Å². The molecule has 1 aromatic carbocycles. The van der Waals surface area contributed by atoms with E-state index < -0.39 is 10.8 Å². The van der Waals surface area contributed by atoms with Crippen LogP contribution in [0.5, 0.6) is 0 Å². The molecule has 19 heavy (non-hydrogen) atoms. The minimum atomic E-state index is -1.49. The fourth-order valence-electron chi connectivity index (χ4n) is 1.94. The monoisotopic (exact) mass is 256 g/mol. The Bertz CT molecular complexity index is 636. The highest BCUT2D eigenvalue weighted by Gasteiger charge is 2.51. The van der Waals surface area contributed by atoms with Gasteiger partial charge in [-0.2, -0.15) is 0 Å². The SMILES string of the molecule is O=[N+]([O-])N(c1ccccc1)C12N=CN=CC1=NC=N2. The molecule has 2 heterocycles. The van der Waals surface area contributed by atoms with Crippen LogP contribution in [0.3, 0.4) is 0 Å². The molecule has 0 N–H and O–H groups in total. The second-order valence-electron chi connectivity index (χ2n) is 3.80. The molecule has 2 aliphatic heterocycles. The lowest BCUT2D eigenvalue weighted by molar-refractivity contribution is -0.503. The Morgan fingerprint density at radius 3 is 2.63 bits per heavy atom. The summed E-state index contributed by atoms with van der Waals surface area (Å²) in [5.41, 5.74) is 0.683. The Morgan fingerprint density at radius 2 is 1.89 bits per heavy atom. The van der Waals surface area contributed by atoms with E-state index in [1.807, 2.05) is 0 Å². The average Bonchev–Trinajstić information content (AvgIpc) is 2.83. The minimum Gasteiger partial charge on any atom is -0.243 e. The number of para-hydroxylation sites is 1. The molecule has 94 valence electrons. The third-order valence-corrected chi connectivity index (χ3v) is 2.74. The third-order valence-electron chi connectivity index (χ3n) is 2.74. The van der Waals surface area contributed by atoms with E-state index in [4.69, 9.17) is 0 Å². The van der Waals surface area contributed by atoms with E-state index in [0.29, 0.717) is 11.4 Å². The highest BCUT2D eigenvalue weighted by Crippen LogP contribution is 2.30. The van der Waals surface area contributed by atoms with Crippen LogP contribution in [0.1, 0.15) is 0 Å². The van der Waals surface area contributed by atoms with Crippen molar-refractivity contribution < 1.29 is 5.03 Å². The van der Waals surface area contributed by atoms with Crippen molar-refractivity contribution >= 4 is 30.3 Å². The molecule has 0 radical (unpaired) electrons. The molecule has 2 aliphatic rings. The van der Waals surface area contributed by atoms with E-state index in [2.05, 4.69) is 20.0 Å². The van der Waals surface area contributed by atoms with Crippen LogP contribution in [-0.2, 0) is 0 Å². The fourth-order valence-corrected chi connectivity index (χ4v) is 1.94. The lowest BCUT2D eigenvalue weighted by Crippen LogP contribution is -2.55. The van der Waals surface area contributed by atoms with E-state index in [0.717, 1.165) is 5.01 Å². The highest BCUT2D eigenvalue weighted by atomic mass is 16.7. The van der Waals surface area contributed by atoms with Crippen molar-refractivity contribution in [1.29, 1.82) is 0 Å². The average molecular weight is 256 g/mol. The molecule has 0 saturated heterocycles. The van der Waals surface area contributed by atoms with Gasteiger partial charge in [0.1, 0.15) is 24.1 Å². The molecule has 8 nitrogen and oxygen atoms in total. The Balaban J connectivity index is 2.14. The zero-order chi connectivity index (χ0) is 13.3. The third kappa shape index (κ3) is 1.61. The Morgan fingerprint density at radius 1 is 1.16 bits per heavy atom. The van der Waals surface area contributed by atoms with Gasteiger partial charge in [0, 0.05) is 0 Å². The van der Waals surface area contributed by atoms with Gasteiger partial charge in [-0.1, -0.05) is 18.2 Å². The van der Waals surface area contributed by atoms with Gasteiger partial charge in [-0.05, 0) is 17.1 Å². The topological polar surface area (TPSA) is 95.8 Å². The van der Waals surface area contributed by atoms with Gasteiger partial charge in [0.2, 0.25) is 0 Å². The molecule has 0 saturated carbocycles. The summed E-state index contributed by atoms with van der Waals surface area (Å²) in [6.07, 6.45) is 3.91. The van der Waals surface area contributed by atoms with Crippen LogP contribution in [0.2, 0.25) is 0 Å². The molecule has 3 rings (SSSR count). The van der Waals surface area contributed by atoms with Crippen molar-refractivity contribution in [3.05, 3.63) is 40.4 Å². The summed E-state index contributed by atoms with van der Waals surface area (Å²) in [5.74, 6) is -1.49. The first kappa shape index (κ1) is 11.2. The zero-order valence-electron chi connectivity index (χ0n) is 9.62. The summed E-state index contributed by atoms with van der Waals surface area (Å²) >= 11 is 0. The summed E-state index contributed by atoms with van der Waals surface area (Å²) in [6, 6.07) is 8.42. The van der Waals surface area contributed by atoms with Gasteiger partial charge in [-0.15, -0.1) is 0 Å². The van der Waals surface area contributed by atoms with Crippen LogP contribution in [0.15, 0.2) is 50.3 Å². The molecule has 0 aromatic heterocycles. The number of anilines is 1. The smallest absolute Gasteiger partial charge is 0.243 e. The van der Waals surface area contributed by atoms with Crippen LogP contribution in [-0.4, -0.2) is 35.4 Å². The molecule has 0 fully saturated rings. The lowest BCUT2D eigenvalue weighted by Gasteiger charge is -2.28. The maximum Gasteiger partial charge on any atom is 0.335 e. The van der Waals surface area contributed by atoms with E-state index in [9.17, 15) is 10.1 Å². The molecule has 0 amide bonds. The number of hydrogen-bond donors (Lipinski definition) is 0. The Hall–Kier alpha value is -2.90. The Kier molecular flexibility index (Phi) is 2.41. The van der Waals surface area contributed by atoms with Crippen molar-refractivity contribution in [3.63, 3.8) is 0 Å². The number of fused-ring (bicyclic) bond motifs is 1. The molecule has 0 bridgehead atoms. The van der Waals surface area contributed by atoms with Crippen LogP contribution in [0.25, 0.3) is 0 Å². The predicted octanol–water partition coefficient (Wildman–Crippen LogP) is 0.934. The first-order valence-corrected chi connectivity index (χ1v) is 5.42. The second-order valence-corrected chi connectivity index (χ2v) is 3.80. The zero-order valence-corrected chi connectivity index (χ0v) is 9.62. The normalized spacial score (nSPS) is 23.1. The fraction of sp³-hybridized carbons (Fsp3) is 0.0909. The number of hydrogen-bond acceptors (Lipinski definition) is 6. The number of benzene rings is 1. The van der Waals surface area contributed by atoms with Crippen LogP contribution >= 0.6 is 0 Å². The van der Waals surface area contributed by atoms with Gasteiger partial charge in [0.05, 0.1) is 6.21 Å². The molecule has 1 unspecified atom stereocenters. The molecule has 1 atom stereocenters. The highest BCUT2D eigenvalue weighted by molar-refractivity contribution is 6.39. The van der Waals surface area contributed by atoms with Gasteiger partial charge < -0.3 is 0 Å². The van der Waals surface area contributed by atoms with Gasteiger partial charge in [0.25, 0.3) is 0 Å². The predicted molar refractivity (Wildman–Crippen MR) is 71.6 cm³/mol. The summed E-state index contributed by atoms with van der Waals surface area (Å²) < 4.78 is 0. The van der Waals surface area contributed by atoms with Crippen molar-refractivity contribution in [2.24, 2.45) is 20.0 Å². The summed E-state index contributed by atoms with van der Waals surface area (Å²) in [5, 5.41) is 11.7. The van der Waals surface area contributed by atoms with E-state index in [-0.39, 0.29) is 0 Å². The molecule has 0 aliphatic carbocycles. The molecular weight excluding hydrogens is 248 g/mol. The number of rotatable bonds is 3. The second kappa shape index (κ2) is 4.09. The maximum atomic E-state index is 11.4. The number of aliphatic imine (C=N–C) groups is 4. The standard InChI is InChI=1S/C11H8N6O2/c18-17(19)16(9-4-2-1-3-5-9)11-10(13-8-15-11)6-12-7-14-11/h1-8H. The van der Waals surface area contributed by atoms with E-state index in [1.165, 1.54) is 18.9 Å². The molecule has 8 heteroatoms. The Labute approximate surface area is 107 Å². The minimum absolute atomic E-state index is 0.315. The van der Waals surface area contributed by atoms with Gasteiger partial charge in [-0.3, -0.25) is 0 Å². The summed E-state index contributed by atoms with van der Waals surface area (Å²) in [4.78, 5) is 27.3. The summed E-state index contributed by atoms with van der Waals surface area (Å²) in [7, 11) is 0. The summed E-state index contributed by atoms with van der Waals surface area (Å²) in [6.45, 7) is 0. The van der Waals surface area contributed by atoms with Crippen molar-refractivity contribution in [2.75, 3.05) is 5.01 Å². The molecule has 0 spiro atoms. The van der Waals surface area contributed by atoms with Gasteiger partial charge in [-0.25, -0.2) is 30.1 Å². The maximum absolute atomic E-state index is 11.4. The molecular formula is C11H8N6O2.